The van der Waals surface area contributed by atoms with Gasteiger partial charge in [0.1, 0.15) is 12.4 Å². The van der Waals surface area contributed by atoms with Crippen LogP contribution in [-0.2, 0) is 9.53 Å². The quantitative estimate of drug-likeness (QED) is 0.129. The van der Waals surface area contributed by atoms with Crippen molar-refractivity contribution in [2.45, 2.75) is 26.3 Å². The van der Waals surface area contributed by atoms with Crippen LogP contribution in [0.5, 0.6) is 5.75 Å². The standard InChI is InChI=1S/C23H25ClN4O2S.C5H12O/c1-2-31-23(26)27-10-12-30-19-6-3-16(4-7-19)22-13-17(9-11-28(22)15-29)20-14-18(24)5-8-21(20)25;1-5(2)4-6-3/h2-8,13-15,22H,1,9-12,25H2,(H2,26,27);5H,4H2,1-3H3. The molecule has 0 aliphatic carbocycles. The Labute approximate surface area is 229 Å². The molecule has 0 fully saturated rings. The average Bonchev–Trinajstić information content (AvgIpc) is 2.88. The summed E-state index contributed by atoms with van der Waals surface area (Å²) in [7, 11) is 1.72. The number of nitrogens with zero attached hydrogens (tertiary/aromatic N) is 2. The lowest BCUT2D eigenvalue weighted by molar-refractivity contribution is -0.119. The number of ether oxygens (including phenoxy) is 2. The van der Waals surface area contributed by atoms with Crippen molar-refractivity contribution in [1.29, 1.82) is 0 Å². The molecule has 0 saturated heterocycles. The van der Waals surface area contributed by atoms with Crippen LogP contribution in [0.4, 0.5) is 5.69 Å². The molecule has 1 atom stereocenters. The van der Waals surface area contributed by atoms with Crippen LogP contribution in [0.2, 0.25) is 5.02 Å². The van der Waals surface area contributed by atoms with Crippen LogP contribution in [-0.4, -0.2) is 49.9 Å². The van der Waals surface area contributed by atoms with Gasteiger partial charge in [0.25, 0.3) is 0 Å². The van der Waals surface area contributed by atoms with Gasteiger partial charge >= 0.3 is 0 Å². The van der Waals surface area contributed by atoms with E-state index in [9.17, 15) is 4.79 Å². The molecule has 0 bridgehead atoms. The number of benzene rings is 2. The number of anilines is 1. The summed E-state index contributed by atoms with van der Waals surface area (Å²) in [6.07, 6.45) is 3.67. The third kappa shape index (κ3) is 10.1. The van der Waals surface area contributed by atoms with E-state index in [4.69, 9.17) is 32.5 Å². The first-order valence-corrected chi connectivity index (χ1v) is 13.3. The zero-order valence-electron chi connectivity index (χ0n) is 21.7. The fraction of sp³-hybridized carbons (Fsp3) is 0.357. The molecule has 1 aliphatic heterocycles. The Kier molecular flexibility index (Phi) is 13.1. The number of carbonyl (C=O) groups excluding carboxylic acids is 1. The highest BCUT2D eigenvalue weighted by Crippen LogP contribution is 2.36. The average molecular weight is 545 g/mol. The first-order chi connectivity index (χ1) is 17.8. The number of nitrogen functional groups attached to an aromatic ring is 1. The van der Waals surface area contributed by atoms with Crippen LogP contribution in [0.3, 0.4) is 0 Å². The number of carbonyl (C=O) groups is 1. The lowest BCUT2D eigenvalue weighted by atomic mass is 9.92. The minimum Gasteiger partial charge on any atom is -0.492 e. The molecule has 0 aromatic heterocycles. The van der Waals surface area contributed by atoms with Gasteiger partial charge in [-0.15, -0.1) is 0 Å². The summed E-state index contributed by atoms with van der Waals surface area (Å²) in [5, 5.41) is 2.73. The van der Waals surface area contributed by atoms with Gasteiger partial charge in [0.15, 0.2) is 5.17 Å². The van der Waals surface area contributed by atoms with E-state index in [0.717, 1.165) is 41.9 Å². The highest BCUT2D eigenvalue weighted by molar-refractivity contribution is 8.16. The monoisotopic (exact) mass is 544 g/mol. The van der Waals surface area contributed by atoms with E-state index in [0.29, 0.717) is 41.5 Å². The van der Waals surface area contributed by atoms with Gasteiger partial charge < -0.3 is 25.8 Å². The Balaban J connectivity index is 0.000000717. The highest BCUT2D eigenvalue weighted by atomic mass is 35.5. The number of hydrogen-bond donors (Lipinski definition) is 2. The lowest BCUT2D eigenvalue weighted by Gasteiger charge is -2.32. The van der Waals surface area contributed by atoms with E-state index in [1.807, 2.05) is 30.3 Å². The van der Waals surface area contributed by atoms with Crippen molar-refractivity contribution in [3.8, 4) is 5.75 Å². The topological polar surface area (TPSA) is 103 Å². The molecule has 2 aromatic rings. The maximum absolute atomic E-state index is 11.6. The summed E-state index contributed by atoms with van der Waals surface area (Å²) >= 11 is 7.44. The van der Waals surface area contributed by atoms with Crippen LogP contribution in [0.15, 0.2) is 65.5 Å². The van der Waals surface area contributed by atoms with Crippen molar-refractivity contribution in [2.75, 3.05) is 39.1 Å². The number of hydrogen-bond acceptors (Lipinski definition) is 6. The Morgan fingerprint density at radius 2 is 2.03 bits per heavy atom. The number of amides is 1. The summed E-state index contributed by atoms with van der Waals surface area (Å²) in [5.41, 5.74) is 15.5. The zero-order chi connectivity index (χ0) is 27.2. The van der Waals surface area contributed by atoms with Crippen molar-refractivity contribution in [3.05, 3.63) is 76.7 Å². The molecule has 4 N–H and O–H groups in total. The van der Waals surface area contributed by atoms with Gasteiger partial charge in [0, 0.05) is 36.5 Å². The second kappa shape index (κ2) is 16.0. The van der Waals surface area contributed by atoms with Crippen molar-refractivity contribution in [1.82, 2.24) is 4.90 Å². The molecule has 1 amide bonds. The van der Waals surface area contributed by atoms with Crippen LogP contribution in [0.1, 0.15) is 37.4 Å². The van der Waals surface area contributed by atoms with E-state index in [-0.39, 0.29) is 6.04 Å². The molecule has 1 aliphatic rings. The Hall–Kier alpha value is -2.94. The van der Waals surface area contributed by atoms with Gasteiger partial charge in [-0.3, -0.25) is 9.79 Å². The SMILES string of the molecule is C=CSC(N)=NCCOc1ccc(C2C=C(c3cc(Cl)ccc3N)CCN2C=O)cc1.COCC(C)C. The molecule has 2 aromatic carbocycles. The van der Waals surface area contributed by atoms with Gasteiger partial charge in [-0.1, -0.05) is 62.0 Å². The molecule has 200 valence electrons. The Morgan fingerprint density at radius 1 is 1.30 bits per heavy atom. The van der Waals surface area contributed by atoms with Crippen LogP contribution in [0.25, 0.3) is 5.57 Å². The summed E-state index contributed by atoms with van der Waals surface area (Å²) in [6, 6.07) is 13.0. The molecular weight excluding hydrogens is 508 g/mol. The van der Waals surface area contributed by atoms with Gasteiger partial charge in [-0.25, -0.2) is 0 Å². The maximum atomic E-state index is 11.6. The van der Waals surface area contributed by atoms with Crippen molar-refractivity contribution >= 4 is 46.2 Å². The molecule has 1 unspecified atom stereocenters. The number of methoxy groups -OCH3 is 1. The van der Waals surface area contributed by atoms with Gasteiger partial charge in [-0.2, -0.15) is 0 Å². The summed E-state index contributed by atoms with van der Waals surface area (Å²) in [5.74, 6) is 1.40. The lowest BCUT2D eigenvalue weighted by Crippen LogP contribution is -2.30. The zero-order valence-corrected chi connectivity index (χ0v) is 23.3. The van der Waals surface area contributed by atoms with Gasteiger partial charge in [0.2, 0.25) is 6.41 Å². The van der Waals surface area contributed by atoms with Gasteiger partial charge in [-0.05, 0) is 59.2 Å². The molecule has 3 rings (SSSR count). The minimum atomic E-state index is -0.186. The van der Waals surface area contributed by atoms with Crippen molar-refractivity contribution in [2.24, 2.45) is 16.6 Å². The second-order valence-electron chi connectivity index (χ2n) is 8.73. The van der Waals surface area contributed by atoms with E-state index >= 15 is 0 Å². The molecule has 9 heteroatoms. The molecule has 0 radical (unpaired) electrons. The summed E-state index contributed by atoms with van der Waals surface area (Å²) in [6.45, 7) is 10.2. The predicted molar refractivity (Wildman–Crippen MR) is 157 cm³/mol. The van der Waals surface area contributed by atoms with Crippen molar-refractivity contribution < 1.29 is 14.3 Å². The first kappa shape index (κ1) is 30.3. The number of nitrogens with two attached hydrogens (primary N) is 2. The van der Waals surface area contributed by atoms with E-state index < -0.39 is 0 Å². The second-order valence-corrected chi connectivity index (χ2v) is 10.2. The minimum absolute atomic E-state index is 0.186. The largest absolute Gasteiger partial charge is 0.492 e. The van der Waals surface area contributed by atoms with E-state index in [2.05, 4.69) is 31.5 Å². The fourth-order valence-electron chi connectivity index (χ4n) is 3.73. The summed E-state index contributed by atoms with van der Waals surface area (Å²) in [4.78, 5) is 17.6. The Morgan fingerprint density at radius 3 is 2.62 bits per heavy atom. The highest BCUT2D eigenvalue weighted by Gasteiger charge is 2.24. The van der Waals surface area contributed by atoms with Crippen molar-refractivity contribution in [3.63, 3.8) is 0 Å². The third-order valence-corrected chi connectivity index (χ3v) is 6.18. The molecule has 0 spiro atoms. The third-order valence-electron chi connectivity index (χ3n) is 5.41. The Bertz CT molecular complexity index is 1070. The number of aliphatic imine (C=N–C) groups is 1. The number of amidine groups is 1. The first-order valence-electron chi connectivity index (χ1n) is 12.0. The van der Waals surface area contributed by atoms with E-state index in [1.54, 1.807) is 29.6 Å². The molecule has 7 nitrogen and oxygen atoms in total. The van der Waals surface area contributed by atoms with Crippen LogP contribution in [0, 0.1) is 5.92 Å². The smallest absolute Gasteiger partial charge is 0.210 e. The molecular formula is C28H37ClN4O3S. The van der Waals surface area contributed by atoms with Crippen LogP contribution < -0.4 is 16.2 Å². The number of rotatable bonds is 10. The normalized spacial score (nSPS) is 15.5. The van der Waals surface area contributed by atoms with Gasteiger partial charge in [0.05, 0.1) is 12.6 Å². The number of halogens is 1. The molecule has 1 heterocycles. The summed E-state index contributed by atoms with van der Waals surface area (Å²) < 4.78 is 10.5. The predicted octanol–water partition coefficient (Wildman–Crippen LogP) is 5.77. The van der Waals surface area contributed by atoms with E-state index in [1.165, 1.54) is 11.8 Å². The molecule has 37 heavy (non-hydrogen) atoms. The fourth-order valence-corrected chi connectivity index (χ4v) is 4.24. The maximum Gasteiger partial charge on any atom is 0.210 e. The number of thioether (sulfide) groups is 1. The molecule has 0 saturated carbocycles. The van der Waals surface area contributed by atoms with Crippen LogP contribution >= 0.6 is 23.4 Å².